The second-order valence-corrected chi connectivity index (χ2v) is 7.51. The molecule has 1 aromatic rings. The number of hydrogen-bond acceptors (Lipinski definition) is 3. The lowest BCUT2D eigenvalue weighted by Gasteiger charge is -2.14. The number of carbonyl (C=O) groups excluding carboxylic acids is 1. The van der Waals surface area contributed by atoms with Crippen LogP contribution in [0.2, 0.25) is 0 Å². The van der Waals surface area contributed by atoms with E-state index >= 15 is 0 Å². The predicted octanol–water partition coefficient (Wildman–Crippen LogP) is 3.85. The maximum Gasteiger partial charge on any atom is 0.238 e. The van der Waals surface area contributed by atoms with Gasteiger partial charge >= 0.3 is 0 Å². The summed E-state index contributed by atoms with van der Waals surface area (Å²) in [6, 6.07) is 4.20. The van der Waals surface area contributed by atoms with Crippen LogP contribution in [-0.2, 0) is 11.2 Å². The van der Waals surface area contributed by atoms with E-state index < -0.39 is 0 Å². The molecule has 0 saturated carbocycles. The third-order valence-corrected chi connectivity index (χ3v) is 5.27. The number of unbranched alkanes of at least 4 members (excludes halogenated alkanes) is 1. The van der Waals surface area contributed by atoms with E-state index in [1.54, 1.807) is 11.3 Å². The van der Waals surface area contributed by atoms with Gasteiger partial charge in [-0.05, 0) is 75.0 Å². The number of amides is 1. The van der Waals surface area contributed by atoms with Crippen LogP contribution in [0.25, 0.3) is 0 Å². The number of thiocarbonyl (C=S) groups is 1. The van der Waals surface area contributed by atoms with Crippen LogP contribution in [0.4, 0.5) is 0 Å². The number of allylic oxidation sites excluding steroid dienone is 1. The minimum absolute atomic E-state index is 0.0136. The van der Waals surface area contributed by atoms with Crippen molar-refractivity contribution in [2.75, 3.05) is 6.54 Å². The number of aryl methyl sites for hydroxylation is 1. The molecule has 3 N–H and O–H groups in total. The lowest BCUT2D eigenvalue weighted by atomic mass is 9.97. The average Bonchev–Trinajstić information content (AvgIpc) is 3.11. The average molecular weight is 366 g/mol. The van der Waals surface area contributed by atoms with Crippen molar-refractivity contribution in [3.63, 3.8) is 0 Å². The number of hydrogen-bond donors (Lipinski definition) is 3. The Balaban J connectivity index is 1.46. The standard InChI is InChI=1S/C18H27N3OS2/c22-17(11-5-4-9-16-10-6-14-24-16)20-21-18(23)19-13-12-15-7-2-1-3-8-15/h6-7,10,14H,1-5,8-9,11-13H2,(H,20,22)(H2,19,21,23). The van der Waals surface area contributed by atoms with Crippen LogP contribution in [0.1, 0.15) is 56.2 Å². The highest BCUT2D eigenvalue weighted by Crippen LogP contribution is 2.19. The number of carbonyl (C=O) groups is 1. The third-order valence-electron chi connectivity index (χ3n) is 4.09. The fourth-order valence-electron chi connectivity index (χ4n) is 2.74. The van der Waals surface area contributed by atoms with E-state index in [0.29, 0.717) is 11.5 Å². The summed E-state index contributed by atoms with van der Waals surface area (Å²) in [5, 5.41) is 5.71. The molecule has 132 valence electrons. The molecule has 0 spiro atoms. The van der Waals surface area contributed by atoms with Crippen molar-refractivity contribution in [3.8, 4) is 0 Å². The van der Waals surface area contributed by atoms with Crippen LogP contribution in [0.15, 0.2) is 29.2 Å². The van der Waals surface area contributed by atoms with Crippen LogP contribution in [-0.4, -0.2) is 17.6 Å². The van der Waals surface area contributed by atoms with Gasteiger partial charge in [0, 0.05) is 17.8 Å². The molecule has 6 heteroatoms. The Bertz CT molecular complexity index is 540. The first-order chi connectivity index (χ1) is 11.7. The highest BCUT2D eigenvalue weighted by atomic mass is 32.1. The maximum atomic E-state index is 11.8. The van der Waals surface area contributed by atoms with Gasteiger partial charge in [-0.3, -0.25) is 15.6 Å². The lowest BCUT2D eigenvalue weighted by Crippen LogP contribution is -2.46. The summed E-state index contributed by atoms with van der Waals surface area (Å²) in [7, 11) is 0. The highest BCUT2D eigenvalue weighted by molar-refractivity contribution is 7.80. The molecule has 0 fully saturated rings. The third kappa shape index (κ3) is 7.93. The van der Waals surface area contributed by atoms with Gasteiger partial charge in [0.05, 0.1) is 0 Å². The van der Waals surface area contributed by atoms with Gasteiger partial charge < -0.3 is 5.32 Å². The van der Waals surface area contributed by atoms with E-state index in [1.165, 1.54) is 36.1 Å². The summed E-state index contributed by atoms with van der Waals surface area (Å²) in [5.41, 5.74) is 6.96. The molecule has 0 bridgehead atoms. The molecule has 0 aliphatic heterocycles. The number of nitrogens with one attached hydrogen (secondary N) is 3. The molecule has 0 radical (unpaired) electrons. The Morgan fingerprint density at radius 1 is 1.21 bits per heavy atom. The van der Waals surface area contributed by atoms with Crippen LogP contribution < -0.4 is 16.2 Å². The van der Waals surface area contributed by atoms with E-state index in [9.17, 15) is 4.79 Å². The molecule has 1 amide bonds. The molecular weight excluding hydrogens is 338 g/mol. The first kappa shape index (κ1) is 18.9. The van der Waals surface area contributed by atoms with Gasteiger partial charge in [0.15, 0.2) is 5.11 Å². The van der Waals surface area contributed by atoms with E-state index in [1.807, 2.05) is 0 Å². The van der Waals surface area contributed by atoms with E-state index in [2.05, 4.69) is 39.8 Å². The molecule has 1 heterocycles. The van der Waals surface area contributed by atoms with Gasteiger partial charge in [-0.15, -0.1) is 11.3 Å². The first-order valence-electron chi connectivity index (χ1n) is 8.77. The Hall–Kier alpha value is -1.40. The van der Waals surface area contributed by atoms with Gasteiger partial charge in [0.1, 0.15) is 0 Å². The van der Waals surface area contributed by atoms with Gasteiger partial charge in [-0.1, -0.05) is 17.7 Å². The van der Waals surface area contributed by atoms with Crippen LogP contribution in [0.5, 0.6) is 0 Å². The molecule has 1 aliphatic rings. The van der Waals surface area contributed by atoms with Crippen molar-refractivity contribution in [2.45, 2.75) is 57.8 Å². The zero-order chi connectivity index (χ0) is 17.0. The minimum Gasteiger partial charge on any atom is -0.361 e. The second-order valence-electron chi connectivity index (χ2n) is 6.07. The molecule has 1 aliphatic carbocycles. The summed E-state index contributed by atoms with van der Waals surface area (Å²) in [4.78, 5) is 13.1. The van der Waals surface area contributed by atoms with Gasteiger partial charge in [0.2, 0.25) is 5.91 Å². The number of hydrazine groups is 1. The van der Waals surface area contributed by atoms with Crippen LogP contribution >= 0.6 is 23.6 Å². The van der Waals surface area contributed by atoms with Gasteiger partial charge in [-0.2, -0.15) is 0 Å². The molecule has 1 aromatic heterocycles. The smallest absolute Gasteiger partial charge is 0.238 e. The second kappa shape index (κ2) is 11.2. The molecular formula is C18H27N3OS2. The van der Waals surface area contributed by atoms with Crippen molar-refractivity contribution in [3.05, 3.63) is 34.0 Å². The minimum atomic E-state index is -0.0136. The van der Waals surface area contributed by atoms with E-state index in [4.69, 9.17) is 12.2 Å². The van der Waals surface area contributed by atoms with Crippen molar-refractivity contribution in [1.29, 1.82) is 0 Å². The molecule has 2 rings (SSSR count). The Morgan fingerprint density at radius 3 is 2.88 bits per heavy atom. The van der Waals surface area contributed by atoms with Crippen LogP contribution in [0.3, 0.4) is 0 Å². The molecule has 0 unspecified atom stereocenters. The zero-order valence-corrected chi connectivity index (χ0v) is 15.7. The Labute approximate surface area is 154 Å². The molecule has 0 atom stereocenters. The molecule has 0 aromatic carbocycles. The summed E-state index contributed by atoms with van der Waals surface area (Å²) in [6.07, 6.45) is 11.9. The van der Waals surface area contributed by atoms with Crippen LogP contribution in [0, 0.1) is 0 Å². The summed E-state index contributed by atoms with van der Waals surface area (Å²) >= 11 is 6.95. The highest BCUT2D eigenvalue weighted by Gasteiger charge is 2.05. The lowest BCUT2D eigenvalue weighted by molar-refractivity contribution is -0.121. The molecule has 4 nitrogen and oxygen atoms in total. The fraction of sp³-hybridized carbons (Fsp3) is 0.556. The monoisotopic (exact) mass is 365 g/mol. The quantitative estimate of drug-likeness (QED) is 0.283. The van der Waals surface area contributed by atoms with Crippen molar-refractivity contribution in [1.82, 2.24) is 16.2 Å². The van der Waals surface area contributed by atoms with Crippen molar-refractivity contribution < 1.29 is 4.79 Å². The largest absolute Gasteiger partial charge is 0.361 e. The number of thiophene rings is 1. The topological polar surface area (TPSA) is 53.2 Å². The van der Waals surface area contributed by atoms with Gasteiger partial charge in [-0.25, -0.2) is 0 Å². The Morgan fingerprint density at radius 2 is 2.12 bits per heavy atom. The predicted molar refractivity (Wildman–Crippen MR) is 105 cm³/mol. The number of rotatable bonds is 8. The normalized spacial score (nSPS) is 13.9. The van der Waals surface area contributed by atoms with Gasteiger partial charge in [0.25, 0.3) is 0 Å². The maximum absolute atomic E-state index is 11.8. The molecule has 0 saturated heterocycles. The summed E-state index contributed by atoms with van der Waals surface area (Å²) in [5.74, 6) is -0.0136. The first-order valence-corrected chi connectivity index (χ1v) is 10.1. The Kier molecular flexibility index (Phi) is 8.84. The zero-order valence-electron chi connectivity index (χ0n) is 14.1. The van der Waals surface area contributed by atoms with Crippen molar-refractivity contribution >= 4 is 34.6 Å². The summed E-state index contributed by atoms with van der Waals surface area (Å²) < 4.78 is 0. The fourth-order valence-corrected chi connectivity index (χ4v) is 3.65. The molecule has 24 heavy (non-hydrogen) atoms. The SMILES string of the molecule is O=C(CCCCc1cccs1)NNC(=S)NCCC1=CCCCC1. The van der Waals surface area contributed by atoms with E-state index in [-0.39, 0.29) is 5.91 Å². The van der Waals surface area contributed by atoms with E-state index in [0.717, 1.165) is 32.2 Å². The summed E-state index contributed by atoms with van der Waals surface area (Å²) in [6.45, 7) is 0.814. The van der Waals surface area contributed by atoms with Crippen molar-refractivity contribution in [2.24, 2.45) is 0 Å².